The maximum absolute atomic E-state index is 5.42. The topological polar surface area (TPSA) is 93.4 Å². The molecule has 0 aliphatic carbocycles. The van der Waals surface area contributed by atoms with Crippen LogP contribution in [0.2, 0.25) is 0 Å². The largest absolute Gasteiger partial charge is 0.369 e. The van der Waals surface area contributed by atoms with Crippen LogP contribution < -0.4 is 5.73 Å². The fourth-order valence-electron chi connectivity index (χ4n) is 1.18. The van der Waals surface area contributed by atoms with Crippen LogP contribution >= 0.6 is 0 Å². The Balaban J connectivity index is 0.000000138. The van der Waals surface area contributed by atoms with E-state index in [9.17, 15) is 0 Å². The van der Waals surface area contributed by atoms with Crippen molar-refractivity contribution in [1.29, 1.82) is 0 Å². The van der Waals surface area contributed by atoms with Gasteiger partial charge in [-0.05, 0) is 23.4 Å². The van der Waals surface area contributed by atoms with Crippen LogP contribution in [-0.2, 0) is 0 Å². The molecule has 0 fully saturated rings. The number of rotatable bonds is 0. The van der Waals surface area contributed by atoms with Gasteiger partial charge in [0.25, 0.3) is 0 Å². The predicted molar refractivity (Wildman–Crippen MR) is 60.3 cm³/mol. The standard InChI is InChI=1S/C7H7N3.C3H3N3/c8-7-9-5-3-1-2-4-6(5)10-7;1-2-4-6-5-3-1/h1-4H,(H3,8,9,10);1-3H. The molecule has 3 N–H and O–H groups in total. The van der Waals surface area contributed by atoms with Gasteiger partial charge in [0.15, 0.2) is 5.95 Å². The van der Waals surface area contributed by atoms with Crippen LogP contribution in [0.1, 0.15) is 0 Å². The number of nitrogens with zero attached hydrogens (tertiary/aromatic N) is 4. The minimum Gasteiger partial charge on any atom is -0.369 e. The zero-order valence-corrected chi connectivity index (χ0v) is 8.41. The molecule has 1 aromatic carbocycles. The van der Waals surface area contributed by atoms with Crippen LogP contribution in [0.4, 0.5) is 5.95 Å². The van der Waals surface area contributed by atoms with Crippen molar-refractivity contribution < 1.29 is 0 Å². The first-order valence-corrected chi connectivity index (χ1v) is 4.65. The quantitative estimate of drug-likeness (QED) is 0.582. The molecule has 0 saturated heterocycles. The van der Waals surface area contributed by atoms with E-state index < -0.39 is 0 Å². The highest BCUT2D eigenvalue weighted by atomic mass is 15.3. The van der Waals surface area contributed by atoms with Gasteiger partial charge < -0.3 is 10.7 Å². The first-order valence-electron chi connectivity index (χ1n) is 4.65. The van der Waals surface area contributed by atoms with Gasteiger partial charge in [0.1, 0.15) is 0 Å². The van der Waals surface area contributed by atoms with Gasteiger partial charge in [0.2, 0.25) is 0 Å². The monoisotopic (exact) mass is 214 g/mol. The molecule has 0 radical (unpaired) electrons. The molecule has 0 bridgehead atoms. The van der Waals surface area contributed by atoms with Gasteiger partial charge in [-0.15, -0.1) is 10.2 Å². The van der Waals surface area contributed by atoms with E-state index in [0.29, 0.717) is 5.95 Å². The lowest BCUT2D eigenvalue weighted by Gasteiger charge is -1.81. The SMILES string of the molecule is Nc1nc2ccccc2[nH]1.c1cnnnc1. The van der Waals surface area contributed by atoms with Gasteiger partial charge in [0, 0.05) is 0 Å². The second-order valence-electron chi connectivity index (χ2n) is 2.95. The number of anilines is 1. The fraction of sp³-hybridized carbons (Fsp3) is 0. The summed E-state index contributed by atoms with van der Waals surface area (Å²) in [7, 11) is 0. The number of para-hydroxylation sites is 2. The molecule has 3 rings (SSSR count). The Morgan fingerprint density at radius 2 is 1.75 bits per heavy atom. The molecule has 0 atom stereocenters. The van der Waals surface area contributed by atoms with Crippen molar-refractivity contribution in [2.75, 3.05) is 5.73 Å². The van der Waals surface area contributed by atoms with E-state index in [4.69, 9.17) is 5.73 Å². The molecule has 0 saturated carbocycles. The van der Waals surface area contributed by atoms with E-state index >= 15 is 0 Å². The van der Waals surface area contributed by atoms with E-state index in [2.05, 4.69) is 25.4 Å². The van der Waals surface area contributed by atoms with Gasteiger partial charge in [0.05, 0.1) is 23.4 Å². The summed E-state index contributed by atoms with van der Waals surface area (Å²) in [6, 6.07) is 9.45. The molecule has 80 valence electrons. The smallest absolute Gasteiger partial charge is 0.198 e. The van der Waals surface area contributed by atoms with Crippen LogP contribution in [0.25, 0.3) is 11.0 Å². The summed E-state index contributed by atoms with van der Waals surface area (Å²) in [5.74, 6) is 0.473. The van der Waals surface area contributed by atoms with Gasteiger partial charge >= 0.3 is 0 Å². The Hall–Kier alpha value is -2.50. The van der Waals surface area contributed by atoms with E-state index in [0.717, 1.165) is 11.0 Å². The summed E-state index contributed by atoms with van der Waals surface area (Å²) in [4.78, 5) is 6.96. The van der Waals surface area contributed by atoms with Crippen LogP contribution in [0, 0.1) is 0 Å². The third kappa shape index (κ3) is 2.50. The van der Waals surface area contributed by atoms with Gasteiger partial charge in [-0.3, -0.25) is 0 Å². The average molecular weight is 214 g/mol. The number of benzene rings is 1. The molecule has 0 aliphatic rings. The number of nitrogens with two attached hydrogens (primary N) is 1. The second kappa shape index (κ2) is 4.83. The molecule has 6 nitrogen and oxygen atoms in total. The summed E-state index contributed by atoms with van der Waals surface area (Å²) in [6.07, 6.45) is 3.15. The predicted octanol–water partition coefficient (Wildman–Crippen LogP) is 1.02. The maximum Gasteiger partial charge on any atom is 0.198 e. The zero-order valence-electron chi connectivity index (χ0n) is 8.41. The molecular weight excluding hydrogens is 204 g/mol. The number of fused-ring (bicyclic) bond motifs is 1. The summed E-state index contributed by atoms with van der Waals surface area (Å²) in [6.45, 7) is 0. The van der Waals surface area contributed by atoms with E-state index in [1.165, 1.54) is 0 Å². The first-order chi connectivity index (χ1) is 7.86. The third-order valence-electron chi connectivity index (χ3n) is 1.82. The Bertz CT molecular complexity index is 488. The Labute approximate surface area is 91.5 Å². The molecule has 2 aromatic heterocycles. The lowest BCUT2D eigenvalue weighted by atomic mass is 10.3. The number of hydrogen-bond donors (Lipinski definition) is 2. The zero-order chi connectivity index (χ0) is 11.2. The molecule has 0 amide bonds. The molecule has 6 heteroatoms. The number of nitrogens with one attached hydrogen (secondary N) is 1. The fourth-order valence-corrected chi connectivity index (χ4v) is 1.18. The minimum absolute atomic E-state index is 0.473. The Morgan fingerprint density at radius 3 is 2.31 bits per heavy atom. The highest BCUT2D eigenvalue weighted by Crippen LogP contribution is 2.10. The number of aromatic nitrogens is 5. The highest BCUT2D eigenvalue weighted by molar-refractivity contribution is 5.76. The molecule has 3 aromatic rings. The third-order valence-corrected chi connectivity index (χ3v) is 1.82. The van der Waals surface area contributed by atoms with Crippen LogP contribution in [0.15, 0.2) is 42.7 Å². The van der Waals surface area contributed by atoms with Crippen molar-refractivity contribution in [2.24, 2.45) is 0 Å². The Kier molecular flexibility index (Phi) is 3.03. The van der Waals surface area contributed by atoms with Crippen molar-refractivity contribution in [3.8, 4) is 0 Å². The normalized spacial score (nSPS) is 9.50. The van der Waals surface area contributed by atoms with E-state index in [-0.39, 0.29) is 0 Å². The molecule has 2 heterocycles. The van der Waals surface area contributed by atoms with E-state index in [1.54, 1.807) is 18.5 Å². The molecule has 0 aliphatic heterocycles. The number of imidazole rings is 1. The summed E-state index contributed by atoms with van der Waals surface area (Å²) < 4.78 is 0. The summed E-state index contributed by atoms with van der Waals surface area (Å²) >= 11 is 0. The minimum atomic E-state index is 0.473. The number of aromatic amines is 1. The lowest BCUT2D eigenvalue weighted by Crippen LogP contribution is -1.84. The van der Waals surface area contributed by atoms with Gasteiger partial charge in [-0.1, -0.05) is 12.1 Å². The molecule has 0 spiro atoms. The van der Waals surface area contributed by atoms with Crippen molar-refractivity contribution in [2.45, 2.75) is 0 Å². The molecule has 0 unspecified atom stereocenters. The number of hydrogen-bond acceptors (Lipinski definition) is 5. The van der Waals surface area contributed by atoms with E-state index in [1.807, 2.05) is 24.3 Å². The second-order valence-corrected chi connectivity index (χ2v) is 2.95. The molecule has 16 heavy (non-hydrogen) atoms. The summed E-state index contributed by atoms with van der Waals surface area (Å²) in [5, 5.41) is 10.1. The van der Waals surface area contributed by atoms with Gasteiger partial charge in [-0.2, -0.15) is 0 Å². The van der Waals surface area contributed by atoms with Crippen molar-refractivity contribution in [3.63, 3.8) is 0 Å². The average Bonchev–Trinajstić information content (AvgIpc) is 2.72. The number of nitrogen functional groups attached to an aromatic ring is 1. The van der Waals surface area contributed by atoms with Crippen molar-refractivity contribution in [1.82, 2.24) is 25.4 Å². The van der Waals surface area contributed by atoms with Crippen LogP contribution in [0.3, 0.4) is 0 Å². The lowest BCUT2D eigenvalue weighted by molar-refractivity contribution is 0.865. The maximum atomic E-state index is 5.42. The van der Waals surface area contributed by atoms with Crippen LogP contribution in [-0.4, -0.2) is 25.4 Å². The Morgan fingerprint density at radius 1 is 1.00 bits per heavy atom. The van der Waals surface area contributed by atoms with Gasteiger partial charge in [-0.25, -0.2) is 4.98 Å². The summed E-state index contributed by atoms with van der Waals surface area (Å²) in [5.41, 5.74) is 7.33. The highest BCUT2D eigenvalue weighted by Gasteiger charge is 1.94. The molecular formula is C10H10N6. The van der Waals surface area contributed by atoms with Crippen molar-refractivity contribution in [3.05, 3.63) is 42.7 Å². The van der Waals surface area contributed by atoms with Crippen LogP contribution in [0.5, 0.6) is 0 Å². The first kappa shape index (κ1) is 10.0. The number of H-pyrrole nitrogens is 1. The van der Waals surface area contributed by atoms with Crippen molar-refractivity contribution >= 4 is 17.0 Å².